The summed E-state index contributed by atoms with van der Waals surface area (Å²) in [5, 5.41) is 4.17. The minimum Gasteiger partial charge on any atom is -0.333 e. The molecular formula is C14H16ClN3OS2. The van der Waals surface area contributed by atoms with Crippen LogP contribution in [-0.2, 0) is 0 Å². The van der Waals surface area contributed by atoms with Crippen molar-refractivity contribution in [1.29, 1.82) is 0 Å². The number of amides is 1. The van der Waals surface area contributed by atoms with Crippen LogP contribution in [0.5, 0.6) is 0 Å². The summed E-state index contributed by atoms with van der Waals surface area (Å²) in [7, 11) is 0. The summed E-state index contributed by atoms with van der Waals surface area (Å²) in [5.74, 6) is 0.0907. The highest BCUT2D eigenvalue weighted by molar-refractivity contribution is 7.24. The number of carbonyl (C=O) groups excluding carboxylic acids is 1. The zero-order valence-corrected chi connectivity index (χ0v) is 14.2. The molecule has 21 heavy (non-hydrogen) atoms. The van der Waals surface area contributed by atoms with Gasteiger partial charge < -0.3 is 10.2 Å². The van der Waals surface area contributed by atoms with Gasteiger partial charge in [-0.15, -0.1) is 22.7 Å². The van der Waals surface area contributed by atoms with E-state index in [2.05, 4.69) is 17.2 Å². The fourth-order valence-electron chi connectivity index (χ4n) is 2.40. The zero-order valence-electron chi connectivity index (χ0n) is 11.9. The van der Waals surface area contributed by atoms with E-state index < -0.39 is 0 Å². The number of nitrogens with one attached hydrogen (secondary N) is 1. The number of thiophene rings is 1. The predicted molar refractivity (Wildman–Crippen MR) is 88.5 cm³/mol. The first-order chi connectivity index (χ1) is 10.1. The lowest BCUT2D eigenvalue weighted by atomic mass is 10.2. The van der Waals surface area contributed by atoms with Gasteiger partial charge in [0.25, 0.3) is 5.91 Å². The van der Waals surface area contributed by atoms with Crippen molar-refractivity contribution in [1.82, 2.24) is 15.2 Å². The first-order valence-corrected chi connectivity index (χ1v) is 8.82. The van der Waals surface area contributed by atoms with E-state index in [0.717, 1.165) is 44.4 Å². The summed E-state index contributed by atoms with van der Waals surface area (Å²) in [6, 6.07) is 4.03. The van der Waals surface area contributed by atoms with Gasteiger partial charge in [-0.05, 0) is 26.0 Å². The number of hydrogen-bond acceptors (Lipinski definition) is 5. The molecule has 1 N–H and O–H groups in total. The van der Waals surface area contributed by atoms with Gasteiger partial charge in [0.05, 0.1) is 14.9 Å². The van der Waals surface area contributed by atoms with E-state index in [9.17, 15) is 4.79 Å². The maximum Gasteiger partial charge on any atom is 0.266 e. The number of carbonyl (C=O) groups is 1. The summed E-state index contributed by atoms with van der Waals surface area (Å²) < 4.78 is 0.737. The topological polar surface area (TPSA) is 45.2 Å². The second-order valence-corrected chi connectivity index (χ2v) is 7.80. The van der Waals surface area contributed by atoms with Gasteiger partial charge in [0.1, 0.15) is 9.88 Å². The van der Waals surface area contributed by atoms with Crippen LogP contribution in [-0.4, -0.2) is 41.5 Å². The fourth-order valence-corrected chi connectivity index (χ4v) is 4.52. The number of rotatable bonds is 2. The molecule has 1 saturated heterocycles. The third-order valence-corrected chi connectivity index (χ3v) is 6.08. The smallest absolute Gasteiger partial charge is 0.266 e. The number of aryl methyl sites for hydroxylation is 1. The van der Waals surface area contributed by atoms with E-state index >= 15 is 0 Å². The van der Waals surface area contributed by atoms with Gasteiger partial charge in [0.2, 0.25) is 0 Å². The van der Waals surface area contributed by atoms with E-state index in [1.807, 2.05) is 24.0 Å². The number of thiazole rings is 1. The molecule has 1 aliphatic rings. The van der Waals surface area contributed by atoms with Gasteiger partial charge in [-0.1, -0.05) is 11.6 Å². The Morgan fingerprint density at radius 1 is 1.48 bits per heavy atom. The van der Waals surface area contributed by atoms with Crippen LogP contribution in [0.3, 0.4) is 0 Å². The van der Waals surface area contributed by atoms with E-state index in [4.69, 9.17) is 11.6 Å². The molecule has 0 unspecified atom stereocenters. The average molecular weight is 342 g/mol. The van der Waals surface area contributed by atoms with Crippen LogP contribution in [0.2, 0.25) is 4.34 Å². The Bertz CT molecular complexity index is 667. The van der Waals surface area contributed by atoms with Gasteiger partial charge in [-0.3, -0.25) is 4.79 Å². The Morgan fingerprint density at radius 2 is 2.29 bits per heavy atom. The van der Waals surface area contributed by atoms with Gasteiger partial charge >= 0.3 is 0 Å². The molecule has 3 heterocycles. The summed E-state index contributed by atoms with van der Waals surface area (Å²) in [4.78, 5) is 21.0. The van der Waals surface area contributed by atoms with E-state index in [1.165, 1.54) is 22.7 Å². The molecule has 3 rings (SSSR count). The van der Waals surface area contributed by atoms with Gasteiger partial charge in [0, 0.05) is 25.7 Å². The molecule has 0 saturated carbocycles. The van der Waals surface area contributed by atoms with Crippen LogP contribution < -0.4 is 5.32 Å². The quantitative estimate of drug-likeness (QED) is 0.911. The largest absolute Gasteiger partial charge is 0.333 e. The minimum atomic E-state index is 0.0907. The Kier molecular flexibility index (Phi) is 4.31. The zero-order chi connectivity index (χ0) is 15.0. The van der Waals surface area contributed by atoms with Crippen LogP contribution >= 0.6 is 34.3 Å². The van der Waals surface area contributed by atoms with E-state index in [-0.39, 0.29) is 11.9 Å². The van der Waals surface area contributed by atoms with E-state index in [1.54, 1.807) is 0 Å². The highest BCUT2D eigenvalue weighted by atomic mass is 35.5. The van der Waals surface area contributed by atoms with Crippen LogP contribution in [0.4, 0.5) is 0 Å². The van der Waals surface area contributed by atoms with Gasteiger partial charge in [-0.2, -0.15) is 0 Å². The molecule has 2 aromatic heterocycles. The molecule has 7 heteroatoms. The predicted octanol–water partition coefficient (Wildman–Crippen LogP) is 3.27. The maximum absolute atomic E-state index is 12.7. The van der Waals surface area contributed by atoms with Crippen molar-refractivity contribution in [3.63, 3.8) is 0 Å². The van der Waals surface area contributed by atoms with Crippen LogP contribution in [0, 0.1) is 6.92 Å². The number of piperazine rings is 1. The molecule has 1 atom stereocenters. The molecule has 1 fully saturated rings. The molecule has 1 aliphatic heterocycles. The molecule has 0 radical (unpaired) electrons. The first-order valence-electron chi connectivity index (χ1n) is 6.81. The highest BCUT2D eigenvalue weighted by Gasteiger charge is 2.27. The monoisotopic (exact) mass is 341 g/mol. The molecule has 1 amide bonds. The Labute approximate surface area is 136 Å². The second-order valence-electron chi connectivity index (χ2n) is 5.09. The standard InChI is InChI=1S/C14H16ClN3OS2/c1-8-7-16-5-6-18(8)14(19)12-9(2)17-13(21-12)10-3-4-11(15)20-10/h3-4,8,16H,5-7H2,1-2H3/t8-/m1/s1. The van der Waals surface area contributed by atoms with E-state index in [0.29, 0.717) is 0 Å². The molecule has 0 aliphatic carbocycles. The molecule has 112 valence electrons. The Morgan fingerprint density at radius 3 is 2.95 bits per heavy atom. The second kappa shape index (κ2) is 6.04. The summed E-state index contributed by atoms with van der Waals surface area (Å²) >= 11 is 8.92. The Balaban J connectivity index is 1.88. The van der Waals surface area contributed by atoms with Crippen molar-refractivity contribution >= 4 is 40.2 Å². The number of hydrogen-bond donors (Lipinski definition) is 1. The van der Waals surface area contributed by atoms with Crippen molar-refractivity contribution in [2.45, 2.75) is 19.9 Å². The SMILES string of the molecule is Cc1nc(-c2ccc(Cl)s2)sc1C(=O)N1CCNC[C@H]1C. The molecule has 2 aromatic rings. The van der Waals surface area contributed by atoms with Crippen LogP contribution in [0.25, 0.3) is 9.88 Å². The molecule has 0 aromatic carbocycles. The molecule has 0 spiro atoms. The summed E-state index contributed by atoms with van der Waals surface area (Å²) in [6.45, 7) is 6.41. The normalized spacial score (nSPS) is 19.0. The molecule has 0 bridgehead atoms. The van der Waals surface area contributed by atoms with Crippen molar-refractivity contribution < 1.29 is 4.79 Å². The van der Waals surface area contributed by atoms with Crippen LogP contribution in [0.1, 0.15) is 22.3 Å². The van der Waals surface area contributed by atoms with Crippen molar-refractivity contribution in [2.75, 3.05) is 19.6 Å². The lowest BCUT2D eigenvalue weighted by Gasteiger charge is -2.33. The summed E-state index contributed by atoms with van der Waals surface area (Å²) in [6.07, 6.45) is 0. The van der Waals surface area contributed by atoms with Gasteiger partial charge in [-0.25, -0.2) is 4.98 Å². The molecular weight excluding hydrogens is 326 g/mol. The highest BCUT2D eigenvalue weighted by Crippen LogP contribution is 2.35. The fraction of sp³-hybridized carbons (Fsp3) is 0.429. The summed E-state index contributed by atoms with van der Waals surface area (Å²) in [5.41, 5.74) is 0.801. The average Bonchev–Trinajstić information content (AvgIpc) is 3.05. The Hall–Kier alpha value is -0.950. The van der Waals surface area contributed by atoms with Crippen molar-refractivity contribution in [3.05, 3.63) is 27.0 Å². The number of nitrogens with zero attached hydrogens (tertiary/aromatic N) is 2. The lowest BCUT2D eigenvalue weighted by Crippen LogP contribution is -2.52. The third-order valence-electron chi connectivity index (χ3n) is 3.54. The first kappa shape index (κ1) is 15.0. The number of aromatic nitrogens is 1. The van der Waals surface area contributed by atoms with Crippen molar-refractivity contribution in [3.8, 4) is 9.88 Å². The maximum atomic E-state index is 12.7. The lowest BCUT2D eigenvalue weighted by molar-refractivity contribution is 0.0660. The minimum absolute atomic E-state index is 0.0907. The van der Waals surface area contributed by atoms with Gasteiger partial charge in [0.15, 0.2) is 0 Å². The number of halogens is 1. The molecule has 4 nitrogen and oxygen atoms in total. The third kappa shape index (κ3) is 2.99. The van der Waals surface area contributed by atoms with Crippen LogP contribution in [0.15, 0.2) is 12.1 Å². The van der Waals surface area contributed by atoms with Crippen molar-refractivity contribution in [2.24, 2.45) is 0 Å².